The first-order valence-electron chi connectivity index (χ1n) is 11.0. The lowest BCUT2D eigenvalue weighted by Gasteiger charge is -2.32. The maximum atomic E-state index is 13.8. The van der Waals surface area contributed by atoms with Gasteiger partial charge in [-0.3, -0.25) is 14.4 Å². The van der Waals surface area contributed by atoms with Crippen LogP contribution in [0.5, 0.6) is 11.5 Å². The lowest BCUT2D eigenvalue weighted by atomic mass is 9.75. The van der Waals surface area contributed by atoms with Crippen molar-refractivity contribution in [2.45, 2.75) is 32.2 Å². The lowest BCUT2D eigenvalue weighted by Crippen LogP contribution is -2.42. The fraction of sp³-hybridized carbons (Fsp3) is 0.346. The van der Waals surface area contributed by atoms with Gasteiger partial charge in [-0.15, -0.1) is 0 Å². The summed E-state index contributed by atoms with van der Waals surface area (Å²) in [5.41, 5.74) is 0.947. The number of benzene rings is 2. The Morgan fingerprint density at radius 1 is 1.14 bits per heavy atom. The minimum Gasteiger partial charge on any atom is -0.507 e. The number of cyclic esters (lactones) is 1. The smallest absolute Gasteiger partial charge is 0.308 e. The highest BCUT2D eigenvalue weighted by atomic mass is 16.7. The van der Waals surface area contributed by atoms with Crippen LogP contribution in [0.4, 0.5) is 0 Å². The molecule has 0 radical (unpaired) electrons. The Balaban J connectivity index is 1.76. The van der Waals surface area contributed by atoms with Gasteiger partial charge in [-0.2, -0.15) is 0 Å². The molecule has 35 heavy (non-hydrogen) atoms. The number of aliphatic hydroxyl groups is 1. The summed E-state index contributed by atoms with van der Waals surface area (Å²) in [7, 11) is 2.81. The van der Waals surface area contributed by atoms with Crippen LogP contribution in [0.1, 0.15) is 34.8 Å². The van der Waals surface area contributed by atoms with Crippen LogP contribution in [0.15, 0.2) is 48.0 Å². The highest BCUT2D eigenvalue weighted by molar-refractivity contribution is 6.17. The number of hydrogen-bond donors (Lipinski definition) is 1. The summed E-state index contributed by atoms with van der Waals surface area (Å²) < 4.78 is 27.2. The lowest BCUT2D eigenvalue weighted by molar-refractivity contribution is -0.144. The molecule has 0 bridgehead atoms. The van der Waals surface area contributed by atoms with E-state index in [0.29, 0.717) is 5.75 Å². The van der Waals surface area contributed by atoms with Crippen molar-refractivity contribution >= 4 is 23.3 Å². The summed E-state index contributed by atoms with van der Waals surface area (Å²) in [5, 5.41) is 11.2. The number of hydrogen-bond acceptors (Lipinski definition) is 9. The van der Waals surface area contributed by atoms with E-state index in [1.165, 1.54) is 27.2 Å². The van der Waals surface area contributed by atoms with Crippen LogP contribution < -0.4 is 9.47 Å². The molecule has 1 aliphatic carbocycles. The number of aliphatic hydroxyl groups excluding tert-OH is 1. The molecule has 0 aromatic heterocycles. The van der Waals surface area contributed by atoms with Gasteiger partial charge in [0.05, 0.1) is 30.6 Å². The average molecular weight is 482 g/mol. The van der Waals surface area contributed by atoms with E-state index in [2.05, 4.69) is 0 Å². The van der Waals surface area contributed by atoms with Gasteiger partial charge in [-0.25, -0.2) is 0 Å². The maximum absolute atomic E-state index is 13.8. The van der Waals surface area contributed by atoms with Crippen molar-refractivity contribution in [3.63, 3.8) is 0 Å². The van der Waals surface area contributed by atoms with E-state index in [-0.39, 0.29) is 42.3 Å². The van der Waals surface area contributed by atoms with Crippen molar-refractivity contribution < 1.29 is 43.2 Å². The van der Waals surface area contributed by atoms with E-state index in [4.69, 9.17) is 23.7 Å². The molecule has 0 saturated carbocycles. The summed E-state index contributed by atoms with van der Waals surface area (Å²) in [5.74, 6) is -2.79. The predicted octanol–water partition coefficient (Wildman–Crippen LogP) is 3.25. The number of rotatable bonds is 9. The van der Waals surface area contributed by atoms with Gasteiger partial charge in [-0.05, 0) is 18.6 Å². The molecule has 1 fully saturated rings. The zero-order valence-corrected chi connectivity index (χ0v) is 19.6. The normalized spacial score (nSPS) is 21.5. The zero-order valence-electron chi connectivity index (χ0n) is 19.6. The molecule has 1 heterocycles. The van der Waals surface area contributed by atoms with Crippen LogP contribution in [-0.4, -0.2) is 55.9 Å². The number of fused-ring (bicyclic) bond motifs is 1. The predicted molar refractivity (Wildman–Crippen MR) is 123 cm³/mol. The molecule has 184 valence electrons. The molecule has 2 aromatic rings. The number of ketones is 2. The Morgan fingerprint density at radius 3 is 2.54 bits per heavy atom. The summed E-state index contributed by atoms with van der Waals surface area (Å²) >= 11 is 0. The SMILES string of the molecule is COCOC1CC(=O)OC1C1C(=O)c2c(OC)cc(OCc3ccccc3)cc2C(O)=C1C(C)=O. The largest absolute Gasteiger partial charge is 0.507 e. The van der Waals surface area contributed by atoms with Crippen molar-refractivity contribution in [2.24, 2.45) is 5.92 Å². The van der Waals surface area contributed by atoms with Crippen LogP contribution in [0.25, 0.3) is 5.76 Å². The summed E-state index contributed by atoms with van der Waals surface area (Å²) in [6.45, 7) is 1.36. The van der Waals surface area contributed by atoms with E-state index in [0.717, 1.165) is 5.56 Å². The molecule has 2 aromatic carbocycles. The molecule has 0 spiro atoms. The summed E-state index contributed by atoms with van der Waals surface area (Å²) in [6.07, 6.45) is -2.06. The molecule has 4 rings (SSSR count). The van der Waals surface area contributed by atoms with Gasteiger partial charge in [0.2, 0.25) is 0 Å². The highest BCUT2D eigenvalue weighted by Gasteiger charge is 2.51. The standard InChI is InChI=1S/C26H26O9/c1-14(27)21-23(26-19(34-13-31-2)11-20(28)35-26)25(30)22-17(24(21)29)9-16(10-18(22)32-3)33-12-15-7-5-4-6-8-15/h4-10,19,23,26,29H,11-13H2,1-3H3. The molecule has 9 nitrogen and oxygen atoms in total. The van der Waals surface area contributed by atoms with Gasteiger partial charge < -0.3 is 28.8 Å². The topological polar surface area (TPSA) is 118 Å². The molecular weight excluding hydrogens is 456 g/mol. The number of esters is 1. The van der Waals surface area contributed by atoms with Crippen LogP contribution in [-0.2, 0) is 30.4 Å². The van der Waals surface area contributed by atoms with Gasteiger partial charge in [0.1, 0.15) is 42.9 Å². The van der Waals surface area contributed by atoms with Crippen molar-refractivity contribution in [3.8, 4) is 11.5 Å². The van der Waals surface area contributed by atoms with Gasteiger partial charge in [0.15, 0.2) is 11.6 Å². The second-order valence-electron chi connectivity index (χ2n) is 8.25. The third-order valence-electron chi connectivity index (χ3n) is 6.00. The van der Waals surface area contributed by atoms with Gasteiger partial charge >= 0.3 is 5.97 Å². The van der Waals surface area contributed by atoms with Gasteiger partial charge in [0, 0.05) is 18.7 Å². The van der Waals surface area contributed by atoms with Crippen molar-refractivity contribution in [1.82, 2.24) is 0 Å². The monoisotopic (exact) mass is 482 g/mol. The first-order valence-corrected chi connectivity index (χ1v) is 11.0. The van der Waals surface area contributed by atoms with Crippen LogP contribution in [0, 0.1) is 5.92 Å². The number of Topliss-reactive ketones (excluding diaryl/α,β-unsaturated/α-hetero) is 2. The zero-order chi connectivity index (χ0) is 25.1. The van der Waals surface area contributed by atoms with E-state index in [1.807, 2.05) is 30.3 Å². The van der Waals surface area contributed by atoms with Gasteiger partial charge in [-0.1, -0.05) is 30.3 Å². The fourth-order valence-electron chi connectivity index (χ4n) is 4.44. The van der Waals surface area contributed by atoms with Crippen LogP contribution in [0.3, 0.4) is 0 Å². The van der Waals surface area contributed by atoms with Crippen LogP contribution in [0.2, 0.25) is 0 Å². The second kappa shape index (κ2) is 10.3. The minimum atomic E-state index is -1.27. The third kappa shape index (κ3) is 4.78. The number of carbonyl (C=O) groups is 3. The fourth-order valence-corrected chi connectivity index (χ4v) is 4.44. The van der Waals surface area contributed by atoms with Crippen molar-refractivity contribution in [2.75, 3.05) is 21.0 Å². The summed E-state index contributed by atoms with van der Waals surface area (Å²) in [6, 6.07) is 12.5. The van der Waals surface area contributed by atoms with E-state index in [1.54, 1.807) is 6.07 Å². The average Bonchev–Trinajstić information content (AvgIpc) is 3.22. The molecule has 1 aliphatic heterocycles. The first-order chi connectivity index (χ1) is 16.8. The Morgan fingerprint density at radius 2 is 1.89 bits per heavy atom. The second-order valence-corrected chi connectivity index (χ2v) is 8.25. The first kappa shape index (κ1) is 24.4. The molecule has 0 amide bonds. The van der Waals surface area contributed by atoms with E-state index < -0.39 is 41.4 Å². The Hall–Kier alpha value is -3.69. The number of ether oxygens (including phenoxy) is 5. The van der Waals surface area contributed by atoms with Gasteiger partial charge in [0.25, 0.3) is 0 Å². The van der Waals surface area contributed by atoms with Crippen LogP contribution >= 0.6 is 0 Å². The van der Waals surface area contributed by atoms with E-state index in [9.17, 15) is 19.5 Å². The summed E-state index contributed by atoms with van der Waals surface area (Å²) in [4.78, 5) is 38.5. The van der Waals surface area contributed by atoms with Crippen molar-refractivity contribution in [1.29, 1.82) is 0 Å². The molecular formula is C26H26O9. The number of methoxy groups -OCH3 is 2. The Labute approximate surface area is 202 Å². The number of carbonyl (C=O) groups excluding carboxylic acids is 3. The van der Waals surface area contributed by atoms with E-state index >= 15 is 0 Å². The van der Waals surface area contributed by atoms with Crippen molar-refractivity contribution in [3.05, 3.63) is 64.7 Å². The molecule has 3 atom stereocenters. The molecule has 3 unspecified atom stereocenters. The highest BCUT2D eigenvalue weighted by Crippen LogP contribution is 2.44. The Bertz CT molecular complexity index is 1170. The maximum Gasteiger partial charge on any atom is 0.308 e. The molecule has 9 heteroatoms. The molecule has 2 aliphatic rings. The minimum absolute atomic E-state index is 0.0699. The quantitative estimate of drug-likeness (QED) is 0.424. The molecule has 1 N–H and O–H groups in total. The third-order valence-corrected chi connectivity index (χ3v) is 6.00. The Kier molecular flexibility index (Phi) is 7.18. The molecule has 1 saturated heterocycles.